The number of rotatable bonds is 5. The molecule has 0 saturated carbocycles. The van der Waals surface area contributed by atoms with Crippen LogP contribution in [0.3, 0.4) is 0 Å². The van der Waals surface area contributed by atoms with Crippen LogP contribution < -0.4 is 5.32 Å². The van der Waals surface area contributed by atoms with E-state index in [4.69, 9.17) is 0 Å². The lowest BCUT2D eigenvalue weighted by molar-refractivity contribution is -0.117. The van der Waals surface area contributed by atoms with E-state index in [2.05, 4.69) is 43.2 Å². The van der Waals surface area contributed by atoms with Crippen LogP contribution in [0, 0.1) is 26.6 Å². The Morgan fingerprint density at radius 3 is 2.39 bits per heavy atom. The molecule has 172 valence electrons. The van der Waals surface area contributed by atoms with Gasteiger partial charge in [-0.05, 0) is 44.0 Å². The van der Waals surface area contributed by atoms with Crippen LogP contribution >= 0.6 is 11.3 Å². The van der Waals surface area contributed by atoms with Gasteiger partial charge in [0.1, 0.15) is 5.82 Å². The fourth-order valence-corrected chi connectivity index (χ4v) is 5.02. The molecule has 3 aromatic rings. The van der Waals surface area contributed by atoms with E-state index >= 15 is 0 Å². The summed E-state index contributed by atoms with van der Waals surface area (Å²) >= 11 is 1.41. The number of halogens is 1. The summed E-state index contributed by atoms with van der Waals surface area (Å²) in [6.45, 7) is 8.46. The van der Waals surface area contributed by atoms with Crippen LogP contribution in [-0.4, -0.2) is 59.3 Å². The van der Waals surface area contributed by atoms with Crippen molar-refractivity contribution in [2.45, 2.75) is 20.8 Å². The summed E-state index contributed by atoms with van der Waals surface area (Å²) in [6, 6.07) is 10.3. The minimum Gasteiger partial charge on any atom is -0.336 e. The predicted molar refractivity (Wildman–Crippen MR) is 129 cm³/mol. The zero-order chi connectivity index (χ0) is 23.5. The molecule has 1 fully saturated rings. The summed E-state index contributed by atoms with van der Waals surface area (Å²) in [5.41, 5.74) is 5.60. The lowest BCUT2D eigenvalue weighted by atomic mass is 9.98. The number of aryl methyl sites for hydroxylation is 3. The number of nitrogens with one attached hydrogen (secondary N) is 1. The van der Waals surface area contributed by atoms with Gasteiger partial charge in [0.25, 0.3) is 5.91 Å². The molecular weight excluding hydrogens is 439 g/mol. The standard InChI is InChI=1S/C25H27FN4O2S/c1-16-12-17(2)23(18(3)13-16)21-15-33-25(27-21)28-22(31)14-29-8-10-30(11-9-29)24(32)19-6-4-5-7-20(19)26/h4-7,12-13,15H,8-11,14H2,1-3H3,(H,27,28,31). The van der Waals surface area contributed by atoms with Crippen LogP contribution in [0.15, 0.2) is 41.8 Å². The second-order valence-corrected chi connectivity index (χ2v) is 9.27. The van der Waals surface area contributed by atoms with Crippen molar-refractivity contribution in [1.82, 2.24) is 14.8 Å². The van der Waals surface area contributed by atoms with Crippen molar-refractivity contribution >= 4 is 28.3 Å². The zero-order valence-electron chi connectivity index (χ0n) is 19.0. The van der Waals surface area contributed by atoms with E-state index < -0.39 is 5.82 Å². The highest BCUT2D eigenvalue weighted by atomic mass is 32.1. The number of thiazole rings is 1. The molecule has 0 bridgehead atoms. The third-order valence-corrected chi connectivity index (χ3v) is 6.57. The van der Waals surface area contributed by atoms with Crippen molar-refractivity contribution in [3.05, 3.63) is 69.8 Å². The lowest BCUT2D eigenvalue weighted by Crippen LogP contribution is -2.50. The van der Waals surface area contributed by atoms with Gasteiger partial charge in [-0.2, -0.15) is 0 Å². The minimum atomic E-state index is -0.511. The number of benzene rings is 2. The van der Waals surface area contributed by atoms with E-state index in [0.29, 0.717) is 31.3 Å². The van der Waals surface area contributed by atoms with E-state index in [0.717, 1.165) is 11.3 Å². The number of nitrogens with zero attached hydrogens (tertiary/aromatic N) is 3. The van der Waals surface area contributed by atoms with Gasteiger partial charge in [-0.15, -0.1) is 11.3 Å². The molecule has 6 nitrogen and oxygen atoms in total. The molecule has 1 aliphatic heterocycles. The third-order valence-electron chi connectivity index (χ3n) is 5.81. The highest BCUT2D eigenvalue weighted by Gasteiger charge is 2.25. The summed E-state index contributed by atoms with van der Waals surface area (Å²) in [5.74, 6) is -0.959. The first-order valence-electron chi connectivity index (χ1n) is 10.9. The van der Waals surface area contributed by atoms with Gasteiger partial charge in [-0.3, -0.25) is 14.5 Å². The van der Waals surface area contributed by atoms with Crippen molar-refractivity contribution in [3.63, 3.8) is 0 Å². The van der Waals surface area contributed by atoms with Crippen molar-refractivity contribution < 1.29 is 14.0 Å². The number of hydrogen-bond donors (Lipinski definition) is 1. The molecule has 2 aromatic carbocycles. The summed E-state index contributed by atoms with van der Waals surface area (Å²) in [7, 11) is 0. The molecule has 0 unspecified atom stereocenters. The minimum absolute atomic E-state index is 0.0855. The molecule has 1 N–H and O–H groups in total. The Kier molecular flexibility index (Phi) is 6.85. The fourth-order valence-electron chi connectivity index (χ4n) is 4.31. The van der Waals surface area contributed by atoms with Gasteiger partial charge in [0, 0.05) is 37.1 Å². The second-order valence-electron chi connectivity index (χ2n) is 8.41. The van der Waals surface area contributed by atoms with E-state index in [9.17, 15) is 14.0 Å². The van der Waals surface area contributed by atoms with Crippen LogP contribution in [0.5, 0.6) is 0 Å². The quantitative estimate of drug-likeness (QED) is 0.610. The maximum Gasteiger partial charge on any atom is 0.256 e. The molecule has 0 spiro atoms. The number of aromatic nitrogens is 1. The second kappa shape index (κ2) is 9.80. The Morgan fingerprint density at radius 2 is 1.73 bits per heavy atom. The van der Waals surface area contributed by atoms with Crippen LogP contribution in [0.4, 0.5) is 9.52 Å². The van der Waals surface area contributed by atoms with Crippen LogP contribution in [0.2, 0.25) is 0 Å². The maximum absolute atomic E-state index is 13.9. The molecule has 0 atom stereocenters. The average Bonchev–Trinajstić information content (AvgIpc) is 3.21. The molecular formula is C25H27FN4O2S. The SMILES string of the molecule is Cc1cc(C)c(-c2csc(NC(=O)CN3CCN(C(=O)c4ccccc4F)CC3)n2)c(C)c1. The molecule has 1 aromatic heterocycles. The molecule has 8 heteroatoms. The zero-order valence-corrected chi connectivity index (χ0v) is 19.8. The van der Waals surface area contributed by atoms with Gasteiger partial charge < -0.3 is 10.2 Å². The van der Waals surface area contributed by atoms with Gasteiger partial charge in [0.15, 0.2) is 5.13 Å². The van der Waals surface area contributed by atoms with Crippen LogP contribution in [0.25, 0.3) is 11.3 Å². The molecule has 2 heterocycles. The van der Waals surface area contributed by atoms with Crippen molar-refractivity contribution in [2.75, 3.05) is 38.0 Å². The van der Waals surface area contributed by atoms with E-state index in [1.165, 1.54) is 40.2 Å². The summed E-state index contributed by atoms with van der Waals surface area (Å²) in [5, 5.41) is 5.43. The van der Waals surface area contributed by atoms with Crippen molar-refractivity contribution in [1.29, 1.82) is 0 Å². The largest absolute Gasteiger partial charge is 0.336 e. The normalized spacial score (nSPS) is 14.4. The number of hydrogen-bond acceptors (Lipinski definition) is 5. The van der Waals surface area contributed by atoms with Crippen LogP contribution in [0.1, 0.15) is 27.0 Å². The molecule has 0 aliphatic carbocycles. The average molecular weight is 467 g/mol. The van der Waals surface area contributed by atoms with Gasteiger partial charge in [-0.1, -0.05) is 29.8 Å². The Labute approximate surface area is 197 Å². The van der Waals surface area contributed by atoms with Crippen molar-refractivity contribution in [3.8, 4) is 11.3 Å². The highest BCUT2D eigenvalue weighted by molar-refractivity contribution is 7.14. The first-order valence-corrected chi connectivity index (χ1v) is 11.8. The molecule has 1 aliphatic rings. The Bertz CT molecular complexity index is 1160. The Morgan fingerprint density at radius 1 is 1.06 bits per heavy atom. The maximum atomic E-state index is 13.9. The van der Waals surface area contributed by atoms with Gasteiger partial charge >= 0.3 is 0 Å². The third kappa shape index (κ3) is 5.29. The monoisotopic (exact) mass is 466 g/mol. The number of piperazine rings is 1. The summed E-state index contributed by atoms with van der Waals surface area (Å²) in [4.78, 5) is 33.4. The smallest absolute Gasteiger partial charge is 0.256 e. The number of carbonyl (C=O) groups excluding carboxylic acids is 2. The molecule has 0 radical (unpaired) electrons. The molecule has 1 saturated heterocycles. The first kappa shape index (κ1) is 23.1. The first-order chi connectivity index (χ1) is 15.8. The van der Waals surface area contributed by atoms with Gasteiger partial charge in [0.2, 0.25) is 5.91 Å². The number of carbonyl (C=O) groups is 2. The highest BCUT2D eigenvalue weighted by Crippen LogP contribution is 2.31. The molecule has 2 amide bonds. The lowest BCUT2D eigenvalue weighted by Gasteiger charge is -2.34. The molecule has 4 rings (SSSR count). The van der Waals surface area contributed by atoms with Gasteiger partial charge in [0.05, 0.1) is 17.8 Å². The van der Waals surface area contributed by atoms with Crippen LogP contribution in [-0.2, 0) is 4.79 Å². The number of anilines is 1. The summed E-state index contributed by atoms with van der Waals surface area (Å²) < 4.78 is 13.9. The Hall–Kier alpha value is -3.10. The summed E-state index contributed by atoms with van der Waals surface area (Å²) in [6.07, 6.45) is 0. The Balaban J connectivity index is 1.31. The van der Waals surface area contributed by atoms with Gasteiger partial charge in [-0.25, -0.2) is 9.37 Å². The fraction of sp³-hybridized carbons (Fsp3) is 0.320. The van der Waals surface area contributed by atoms with E-state index in [1.54, 1.807) is 17.0 Å². The predicted octanol–water partition coefficient (Wildman–Crippen LogP) is 4.27. The van der Waals surface area contributed by atoms with E-state index in [1.807, 2.05) is 10.3 Å². The number of amides is 2. The van der Waals surface area contributed by atoms with Crippen molar-refractivity contribution in [2.24, 2.45) is 0 Å². The topological polar surface area (TPSA) is 65.5 Å². The van der Waals surface area contributed by atoms with E-state index in [-0.39, 0.29) is 23.9 Å². The molecule has 33 heavy (non-hydrogen) atoms.